The average Bonchev–Trinajstić information content (AvgIpc) is 2.80. The Balaban J connectivity index is 1.90. The van der Waals surface area contributed by atoms with Crippen molar-refractivity contribution in [1.82, 2.24) is 9.97 Å². The first-order chi connectivity index (χ1) is 9.63. The molecule has 102 valence electrons. The predicted octanol–water partition coefficient (Wildman–Crippen LogP) is 2.24. The summed E-state index contributed by atoms with van der Waals surface area (Å²) in [5.74, 6) is -0.251. The molecule has 1 heterocycles. The van der Waals surface area contributed by atoms with Gasteiger partial charge < -0.3 is 15.7 Å². The lowest BCUT2D eigenvalue weighted by Gasteiger charge is -2.12. The van der Waals surface area contributed by atoms with Gasteiger partial charge >= 0.3 is 5.69 Å². The quantitative estimate of drug-likeness (QED) is 0.683. The molecule has 0 spiro atoms. The summed E-state index contributed by atoms with van der Waals surface area (Å²) in [5.41, 5.74) is 8.76. The Kier molecular flexibility index (Phi) is 3.12. The summed E-state index contributed by atoms with van der Waals surface area (Å²) >= 11 is 0. The largest absolute Gasteiger partial charge is 0.324 e. The van der Waals surface area contributed by atoms with Gasteiger partial charge in [0.15, 0.2) is 0 Å². The van der Waals surface area contributed by atoms with Crippen LogP contribution in [-0.2, 0) is 6.42 Å². The number of nitrogens with one attached hydrogen (secondary N) is 2. The monoisotopic (exact) mass is 271 g/mol. The molecule has 3 aromatic rings. The molecule has 0 aliphatic carbocycles. The van der Waals surface area contributed by atoms with Crippen LogP contribution in [0.2, 0.25) is 0 Å². The number of hydrogen-bond acceptors (Lipinski definition) is 2. The minimum atomic E-state index is -0.324. The van der Waals surface area contributed by atoms with Crippen LogP contribution in [0.15, 0.2) is 47.3 Å². The number of fused-ring (bicyclic) bond motifs is 1. The lowest BCUT2D eigenvalue weighted by molar-refractivity contribution is 0.593. The first kappa shape index (κ1) is 12.6. The summed E-state index contributed by atoms with van der Waals surface area (Å²) in [5, 5.41) is 0. The van der Waals surface area contributed by atoms with Gasteiger partial charge in [-0.15, -0.1) is 0 Å². The smallest absolute Gasteiger partial charge is 0.323 e. The molecule has 0 aliphatic rings. The third kappa shape index (κ3) is 2.35. The van der Waals surface area contributed by atoms with Gasteiger partial charge in [0.25, 0.3) is 0 Å². The normalized spacial score (nSPS) is 12.7. The van der Waals surface area contributed by atoms with Crippen molar-refractivity contribution >= 4 is 11.0 Å². The highest BCUT2D eigenvalue weighted by atomic mass is 19.1. The summed E-state index contributed by atoms with van der Waals surface area (Å²) < 4.78 is 13.6. The topological polar surface area (TPSA) is 74.7 Å². The zero-order valence-corrected chi connectivity index (χ0v) is 10.7. The summed E-state index contributed by atoms with van der Waals surface area (Å²) in [4.78, 5) is 16.6. The van der Waals surface area contributed by atoms with E-state index >= 15 is 0 Å². The van der Waals surface area contributed by atoms with Gasteiger partial charge in [0, 0.05) is 6.04 Å². The van der Waals surface area contributed by atoms with Crippen LogP contribution in [0.1, 0.15) is 17.2 Å². The number of aromatic amines is 2. The molecule has 0 radical (unpaired) electrons. The van der Waals surface area contributed by atoms with Crippen molar-refractivity contribution in [2.24, 2.45) is 5.73 Å². The summed E-state index contributed by atoms with van der Waals surface area (Å²) in [6.45, 7) is 0. The maximum absolute atomic E-state index is 13.6. The fraction of sp³-hybridized carbons (Fsp3) is 0.133. The van der Waals surface area contributed by atoms with E-state index in [9.17, 15) is 9.18 Å². The number of hydrogen-bond donors (Lipinski definition) is 3. The molecular formula is C15H14FN3O. The first-order valence-electron chi connectivity index (χ1n) is 6.34. The zero-order valence-electron chi connectivity index (χ0n) is 10.7. The molecule has 1 aromatic heterocycles. The van der Waals surface area contributed by atoms with Crippen molar-refractivity contribution in [1.29, 1.82) is 0 Å². The number of rotatable bonds is 3. The number of nitrogens with two attached hydrogens (primary N) is 1. The number of benzene rings is 2. The van der Waals surface area contributed by atoms with E-state index < -0.39 is 0 Å². The van der Waals surface area contributed by atoms with Gasteiger partial charge in [-0.2, -0.15) is 0 Å². The van der Waals surface area contributed by atoms with E-state index in [1.165, 1.54) is 6.07 Å². The highest BCUT2D eigenvalue weighted by molar-refractivity contribution is 5.75. The summed E-state index contributed by atoms with van der Waals surface area (Å²) in [6, 6.07) is 11.7. The molecule has 2 aromatic carbocycles. The van der Waals surface area contributed by atoms with Crippen LogP contribution in [0.4, 0.5) is 4.39 Å². The SMILES string of the molecule is NC(Cc1ccccc1F)c1ccc2[nH]c(=O)[nH]c2c1. The molecule has 0 amide bonds. The Morgan fingerprint density at radius 2 is 1.85 bits per heavy atom. The zero-order chi connectivity index (χ0) is 14.1. The predicted molar refractivity (Wildman–Crippen MR) is 76.0 cm³/mol. The van der Waals surface area contributed by atoms with Gasteiger partial charge in [-0.05, 0) is 35.7 Å². The fourth-order valence-corrected chi connectivity index (χ4v) is 2.30. The fourth-order valence-electron chi connectivity index (χ4n) is 2.30. The van der Waals surface area contributed by atoms with Crippen LogP contribution < -0.4 is 11.4 Å². The van der Waals surface area contributed by atoms with Crippen molar-refractivity contribution < 1.29 is 4.39 Å². The van der Waals surface area contributed by atoms with E-state index in [0.29, 0.717) is 17.5 Å². The molecule has 1 unspecified atom stereocenters. The highest BCUT2D eigenvalue weighted by Gasteiger charge is 2.11. The van der Waals surface area contributed by atoms with Crippen LogP contribution in [0.5, 0.6) is 0 Å². The molecule has 3 rings (SSSR count). The van der Waals surface area contributed by atoms with Crippen LogP contribution in [0.3, 0.4) is 0 Å². The van der Waals surface area contributed by atoms with Crippen molar-refractivity contribution in [2.45, 2.75) is 12.5 Å². The molecular weight excluding hydrogens is 257 g/mol. The molecule has 1 atom stereocenters. The number of halogens is 1. The maximum atomic E-state index is 13.6. The third-order valence-corrected chi connectivity index (χ3v) is 3.37. The maximum Gasteiger partial charge on any atom is 0.323 e. The molecule has 5 heteroatoms. The second-order valence-corrected chi connectivity index (χ2v) is 4.79. The molecule has 0 saturated heterocycles. The Morgan fingerprint density at radius 3 is 2.65 bits per heavy atom. The van der Waals surface area contributed by atoms with E-state index in [0.717, 1.165) is 11.1 Å². The highest BCUT2D eigenvalue weighted by Crippen LogP contribution is 2.20. The van der Waals surface area contributed by atoms with E-state index in [1.807, 2.05) is 12.1 Å². The second-order valence-electron chi connectivity index (χ2n) is 4.79. The van der Waals surface area contributed by atoms with Crippen LogP contribution in [0, 0.1) is 5.82 Å². The summed E-state index contributed by atoms with van der Waals surface area (Å²) in [6.07, 6.45) is 0.410. The lowest BCUT2D eigenvalue weighted by Crippen LogP contribution is -2.14. The van der Waals surface area contributed by atoms with Crippen molar-refractivity contribution in [3.63, 3.8) is 0 Å². The second kappa shape index (κ2) is 4.94. The molecule has 0 aliphatic heterocycles. The van der Waals surface area contributed by atoms with Gasteiger partial charge in [0.1, 0.15) is 5.82 Å². The first-order valence-corrected chi connectivity index (χ1v) is 6.34. The minimum absolute atomic E-state index is 0.250. The number of imidazole rings is 1. The van der Waals surface area contributed by atoms with Crippen LogP contribution in [0.25, 0.3) is 11.0 Å². The van der Waals surface area contributed by atoms with E-state index in [4.69, 9.17) is 5.73 Å². The van der Waals surface area contributed by atoms with Crippen molar-refractivity contribution in [2.75, 3.05) is 0 Å². The lowest BCUT2D eigenvalue weighted by atomic mass is 9.99. The molecule has 0 bridgehead atoms. The molecule has 0 saturated carbocycles. The van der Waals surface area contributed by atoms with Crippen molar-refractivity contribution in [3.05, 3.63) is 69.9 Å². The van der Waals surface area contributed by atoms with Gasteiger partial charge in [-0.3, -0.25) is 0 Å². The number of aromatic nitrogens is 2. The third-order valence-electron chi connectivity index (χ3n) is 3.37. The number of H-pyrrole nitrogens is 2. The van der Waals surface area contributed by atoms with Crippen LogP contribution >= 0.6 is 0 Å². The van der Waals surface area contributed by atoms with Gasteiger partial charge in [0.2, 0.25) is 0 Å². The average molecular weight is 271 g/mol. The molecule has 0 fully saturated rings. The Hall–Kier alpha value is -2.40. The van der Waals surface area contributed by atoms with Gasteiger partial charge in [0.05, 0.1) is 11.0 Å². The Labute approximate surface area is 114 Å². The van der Waals surface area contributed by atoms with E-state index in [1.54, 1.807) is 24.3 Å². The Morgan fingerprint density at radius 1 is 1.10 bits per heavy atom. The van der Waals surface area contributed by atoms with Gasteiger partial charge in [-0.25, -0.2) is 9.18 Å². The van der Waals surface area contributed by atoms with E-state index in [2.05, 4.69) is 9.97 Å². The molecule has 4 N–H and O–H groups in total. The Bertz CT molecular complexity index is 806. The summed E-state index contributed by atoms with van der Waals surface area (Å²) in [7, 11) is 0. The minimum Gasteiger partial charge on any atom is -0.324 e. The van der Waals surface area contributed by atoms with E-state index in [-0.39, 0.29) is 17.5 Å². The van der Waals surface area contributed by atoms with Gasteiger partial charge in [-0.1, -0.05) is 24.3 Å². The van der Waals surface area contributed by atoms with Crippen LogP contribution in [-0.4, -0.2) is 9.97 Å². The molecule has 20 heavy (non-hydrogen) atoms. The molecule has 4 nitrogen and oxygen atoms in total. The standard InChI is InChI=1S/C15H14FN3O/c16-11-4-2-1-3-9(11)7-12(17)10-5-6-13-14(8-10)19-15(20)18-13/h1-6,8,12H,7,17H2,(H2,18,19,20). The van der Waals surface area contributed by atoms with Crippen molar-refractivity contribution in [3.8, 4) is 0 Å².